The summed E-state index contributed by atoms with van der Waals surface area (Å²) in [6.45, 7) is 0.605. The van der Waals surface area contributed by atoms with E-state index in [9.17, 15) is 0 Å². The summed E-state index contributed by atoms with van der Waals surface area (Å²) in [6, 6.07) is 15.9. The lowest BCUT2D eigenvalue weighted by Gasteiger charge is -2.10. The van der Waals surface area contributed by atoms with Gasteiger partial charge in [0, 0.05) is 18.0 Å². The van der Waals surface area contributed by atoms with Crippen LogP contribution in [0.25, 0.3) is 22.3 Å². The largest absolute Gasteiger partial charge is 0.480 e. The quantitative estimate of drug-likeness (QED) is 0.621. The number of hydrogen-bond donors (Lipinski definition) is 1. The van der Waals surface area contributed by atoms with Gasteiger partial charge in [-0.3, -0.25) is 9.55 Å². The van der Waals surface area contributed by atoms with Gasteiger partial charge in [-0.1, -0.05) is 30.3 Å². The molecular formula is C19H17N5O. The highest BCUT2D eigenvalue weighted by Crippen LogP contribution is 2.32. The number of nitrogen functional groups attached to an aromatic ring is 1. The van der Waals surface area contributed by atoms with Gasteiger partial charge in [-0.2, -0.15) is 4.98 Å². The van der Waals surface area contributed by atoms with Crippen molar-refractivity contribution in [2.24, 2.45) is 0 Å². The van der Waals surface area contributed by atoms with Crippen LogP contribution in [0.15, 0.2) is 60.9 Å². The second-order valence-electron chi connectivity index (χ2n) is 5.67. The molecule has 124 valence electrons. The molecule has 3 aromatic heterocycles. The van der Waals surface area contributed by atoms with Crippen LogP contribution in [0, 0.1) is 0 Å². The number of ether oxygens (including phenoxy) is 1. The molecule has 6 nitrogen and oxygen atoms in total. The predicted molar refractivity (Wildman–Crippen MR) is 97.3 cm³/mol. The summed E-state index contributed by atoms with van der Waals surface area (Å²) in [5.74, 6) is 0.966. The fraction of sp³-hybridized carbons (Fsp3) is 0.105. The minimum Gasteiger partial charge on any atom is -0.480 e. The summed E-state index contributed by atoms with van der Waals surface area (Å²) in [4.78, 5) is 13.2. The molecule has 0 fully saturated rings. The average molecular weight is 331 g/mol. The van der Waals surface area contributed by atoms with Gasteiger partial charge >= 0.3 is 0 Å². The number of nitrogens with two attached hydrogens (primary N) is 1. The Labute approximate surface area is 144 Å². The molecular weight excluding hydrogens is 314 g/mol. The zero-order valence-electron chi connectivity index (χ0n) is 13.8. The van der Waals surface area contributed by atoms with E-state index in [1.165, 1.54) is 0 Å². The summed E-state index contributed by atoms with van der Waals surface area (Å²) < 4.78 is 7.40. The van der Waals surface area contributed by atoms with Crippen LogP contribution in [0.1, 0.15) is 5.56 Å². The molecule has 0 amide bonds. The first-order valence-corrected chi connectivity index (χ1v) is 7.91. The van der Waals surface area contributed by atoms with Crippen molar-refractivity contribution in [2.45, 2.75) is 6.54 Å². The third kappa shape index (κ3) is 2.78. The maximum absolute atomic E-state index is 6.14. The third-order valence-corrected chi connectivity index (χ3v) is 4.08. The Bertz CT molecular complexity index is 1010. The molecule has 0 unspecified atom stereocenters. The molecule has 0 bridgehead atoms. The zero-order chi connectivity index (χ0) is 17.2. The lowest BCUT2D eigenvalue weighted by Crippen LogP contribution is -2.05. The number of nitrogens with zero attached hydrogens (tertiary/aromatic N) is 4. The van der Waals surface area contributed by atoms with Crippen LogP contribution < -0.4 is 10.5 Å². The van der Waals surface area contributed by atoms with Crippen LogP contribution in [-0.2, 0) is 6.54 Å². The Morgan fingerprint density at radius 1 is 1.04 bits per heavy atom. The topological polar surface area (TPSA) is 78.8 Å². The molecule has 2 N–H and O–H groups in total. The standard InChI is InChI=1S/C19H17N5O/c1-25-18-15(14-7-9-21-10-8-14)11-16-17(23-18)24(19(20)22-16)12-13-5-3-2-4-6-13/h2-11H,12H2,1H3,(H2,20,22). The van der Waals surface area contributed by atoms with Gasteiger partial charge in [0.15, 0.2) is 5.65 Å². The van der Waals surface area contributed by atoms with E-state index in [-0.39, 0.29) is 0 Å². The first-order valence-electron chi connectivity index (χ1n) is 7.91. The maximum atomic E-state index is 6.14. The van der Waals surface area contributed by atoms with Gasteiger partial charge in [0.2, 0.25) is 11.8 Å². The lowest BCUT2D eigenvalue weighted by atomic mass is 10.1. The molecule has 0 spiro atoms. The first kappa shape index (κ1) is 15.1. The summed E-state index contributed by atoms with van der Waals surface area (Å²) in [6.07, 6.45) is 3.47. The van der Waals surface area contributed by atoms with Crippen LogP contribution in [0.3, 0.4) is 0 Å². The van der Waals surface area contributed by atoms with Crippen molar-refractivity contribution in [3.05, 3.63) is 66.5 Å². The minimum atomic E-state index is 0.431. The Balaban J connectivity index is 1.86. The summed E-state index contributed by atoms with van der Waals surface area (Å²) in [5, 5.41) is 0. The Kier molecular flexibility index (Phi) is 3.78. The van der Waals surface area contributed by atoms with Crippen LogP contribution in [0.4, 0.5) is 5.95 Å². The van der Waals surface area contributed by atoms with E-state index < -0.39 is 0 Å². The molecule has 1 aromatic carbocycles. The normalized spacial score (nSPS) is 10.9. The van der Waals surface area contributed by atoms with E-state index in [2.05, 4.69) is 15.0 Å². The van der Waals surface area contributed by atoms with Gasteiger partial charge in [-0.15, -0.1) is 0 Å². The highest BCUT2D eigenvalue weighted by atomic mass is 16.5. The predicted octanol–water partition coefficient (Wildman–Crippen LogP) is 3.13. The van der Waals surface area contributed by atoms with Crippen molar-refractivity contribution >= 4 is 17.1 Å². The number of rotatable bonds is 4. The number of aromatic nitrogens is 4. The highest BCUT2D eigenvalue weighted by Gasteiger charge is 2.16. The first-order chi connectivity index (χ1) is 12.3. The Hall–Kier alpha value is -3.41. The zero-order valence-corrected chi connectivity index (χ0v) is 13.8. The van der Waals surface area contributed by atoms with Crippen LogP contribution >= 0.6 is 0 Å². The highest BCUT2D eigenvalue weighted by molar-refractivity contribution is 5.83. The SMILES string of the molecule is COc1nc2c(cc1-c1ccncc1)nc(N)n2Cc1ccccc1. The summed E-state index contributed by atoms with van der Waals surface area (Å²) in [7, 11) is 1.61. The molecule has 25 heavy (non-hydrogen) atoms. The van der Waals surface area contributed by atoms with Gasteiger partial charge in [0.1, 0.15) is 5.52 Å². The molecule has 6 heteroatoms. The van der Waals surface area contributed by atoms with E-state index in [1.807, 2.05) is 53.1 Å². The van der Waals surface area contributed by atoms with Gasteiger partial charge in [0.05, 0.1) is 13.7 Å². The smallest absolute Gasteiger partial charge is 0.223 e. The molecule has 0 aliphatic carbocycles. The van der Waals surface area contributed by atoms with Crippen molar-refractivity contribution in [1.29, 1.82) is 0 Å². The minimum absolute atomic E-state index is 0.431. The van der Waals surface area contributed by atoms with Crippen molar-refractivity contribution in [1.82, 2.24) is 19.5 Å². The van der Waals surface area contributed by atoms with Crippen molar-refractivity contribution in [2.75, 3.05) is 12.8 Å². The van der Waals surface area contributed by atoms with Gasteiger partial charge in [0.25, 0.3) is 0 Å². The number of fused-ring (bicyclic) bond motifs is 1. The van der Waals surface area contributed by atoms with E-state index >= 15 is 0 Å². The van der Waals surface area contributed by atoms with E-state index in [0.717, 1.165) is 22.2 Å². The molecule has 3 heterocycles. The van der Waals surface area contributed by atoms with E-state index in [1.54, 1.807) is 19.5 Å². The van der Waals surface area contributed by atoms with Crippen LogP contribution in [0.5, 0.6) is 5.88 Å². The molecule has 0 saturated heterocycles. The van der Waals surface area contributed by atoms with Crippen molar-refractivity contribution in [3.8, 4) is 17.0 Å². The van der Waals surface area contributed by atoms with Gasteiger partial charge < -0.3 is 10.5 Å². The second kappa shape index (κ2) is 6.24. The van der Waals surface area contributed by atoms with Crippen LogP contribution in [-0.4, -0.2) is 26.6 Å². The van der Waals surface area contributed by atoms with Crippen molar-refractivity contribution < 1.29 is 4.74 Å². The fourth-order valence-corrected chi connectivity index (χ4v) is 2.87. The Morgan fingerprint density at radius 3 is 2.52 bits per heavy atom. The summed E-state index contributed by atoms with van der Waals surface area (Å²) >= 11 is 0. The molecule has 0 atom stereocenters. The number of benzene rings is 1. The third-order valence-electron chi connectivity index (χ3n) is 4.08. The number of imidazole rings is 1. The average Bonchev–Trinajstić information content (AvgIpc) is 2.97. The molecule has 0 radical (unpaired) electrons. The van der Waals surface area contributed by atoms with Crippen molar-refractivity contribution in [3.63, 3.8) is 0 Å². The molecule has 0 saturated carbocycles. The second-order valence-corrected chi connectivity index (χ2v) is 5.67. The molecule has 0 aliphatic heterocycles. The number of anilines is 1. The molecule has 0 aliphatic rings. The number of hydrogen-bond acceptors (Lipinski definition) is 5. The fourth-order valence-electron chi connectivity index (χ4n) is 2.87. The number of methoxy groups -OCH3 is 1. The van der Waals surface area contributed by atoms with Crippen LogP contribution in [0.2, 0.25) is 0 Å². The summed E-state index contributed by atoms with van der Waals surface area (Å²) in [5.41, 5.74) is 10.5. The number of pyridine rings is 2. The van der Waals surface area contributed by atoms with Gasteiger partial charge in [-0.05, 0) is 29.3 Å². The van der Waals surface area contributed by atoms with E-state index in [0.29, 0.717) is 24.0 Å². The monoisotopic (exact) mass is 331 g/mol. The molecule has 4 aromatic rings. The Morgan fingerprint density at radius 2 is 1.80 bits per heavy atom. The maximum Gasteiger partial charge on any atom is 0.223 e. The lowest BCUT2D eigenvalue weighted by molar-refractivity contribution is 0.401. The molecule has 4 rings (SSSR count). The van der Waals surface area contributed by atoms with Gasteiger partial charge in [-0.25, -0.2) is 4.98 Å². The van der Waals surface area contributed by atoms with E-state index in [4.69, 9.17) is 10.5 Å².